The van der Waals surface area contributed by atoms with Crippen LogP contribution in [-0.2, 0) is 6.54 Å². The van der Waals surface area contributed by atoms with Crippen LogP contribution < -0.4 is 0 Å². The van der Waals surface area contributed by atoms with Crippen LogP contribution in [0.4, 0.5) is 0 Å². The van der Waals surface area contributed by atoms with Crippen LogP contribution in [0.1, 0.15) is 27.8 Å². The molecule has 0 fully saturated rings. The lowest BCUT2D eigenvalue weighted by Crippen LogP contribution is -2.04. The van der Waals surface area contributed by atoms with E-state index >= 15 is 0 Å². The first-order valence-electron chi connectivity index (χ1n) is 11.6. The van der Waals surface area contributed by atoms with Crippen LogP contribution >= 0.6 is 0 Å². The van der Waals surface area contributed by atoms with Crippen LogP contribution in [0, 0.1) is 13.8 Å². The van der Waals surface area contributed by atoms with Gasteiger partial charge in [0.25, 0.3) is 0 Å². The highest BCUT2D eigenvalue weighted by Crippen LogP contribution is 2.40. The average Bonchev–Trinajstić information content (AvgIpc) is 2.85. The minimum absolute atomic E-state index is 0.311. The van der Waals surface area contributed by atoms with E-state index in [0.29, 0.717) is 12.3 Å². The Morgan fingerprint density at radius 3 is 1.94 bits per heavy atom. The summed E-state index contributed by atoms with van der Waals surface area (Å²) in [6, 6.07) is 37.2. The van der Waals surface area contributed by atoms with Gasteiger partial charge in [-0.3, -0.25) is 4.99 Å². The van der Waals surface area contributed by atoms with E-state index in [4.69, 9.17) is 4.99 Å². The standard InChI is InChI=1S/C32H27NO/c1-22-19-23(2)30(29(34)20-22)31-27(18-17-24-11-9-10-16-28(24)31)21-33-32(25-12-5-3-6-13-25)26-14-7-4-8-15-26/h3-20,34H,21H2,1-2H3. The fraction of sp³-hybridized carbons (Fsp3) is 0.0938. The molecule has 0 heterocycles. The topological polar surface area (TPSA) is 32.6 Å². The number of aryl methyl sites for hydroxylation is 2. The highest BCUT2D eigenvalue weighted by molar-refractivity contribution is 6.13. The van der Waals surface area contributed by atoms with Gasteiger partial charge < -0.3 is 5.11 Å². The first kappa shape index (κ1) is 21.7. The fourth-order valence-electron chi connectivity index (χ4n) is 4.72. The van der Waals surface area contributed by atoms with Crippen molar-refractivity contribution in [2.45, 2.75) is 20.4 Å². The summed E-state index contributed by atoms with van der Waals surface area (Å²) in [5, 5.41) is 13.3. The van der Waals surface area contributed by atoms with Crippen LogP contribution in [-0.4, -0.2) is 10.8 Å². The number of phenolic OH excluding ortho intramolecular Hbond substituents is 1. The molecule has 0 amide bonds. The van der Waals surface area contributed by atoms with E-state index in [9.17, 15) is 5.11 Å². The van der Waals surface area contributed by atoms with Crippen molar-refractivity contribution in [3.05, 3.63) is 137 Å². The maximum atomic E-state index is 11.0. The Labute approximate surface area is 200 Å². The molecule has 0 aliphatic carbocycles. The lowest BCUT2D eigenvalue weighted by atomic mass is 9.89. The number of hydrogen-bond donors (Lipinski definition) is 1. The molecule has 34 heavy (non-hydrogen) atoms. The van der Waals surface area contributed by atoms with Gasteiger partial charge in [0.2, 0.25) is 0 Å². The molecule has 0 atom stereocenters. The number of benzene rings is 5. The number of fused-ring (bicyclic) bond motifs is 1. The molecular weight excluding hydrogens is 414 g/mol. The number of aromatic hydroxyl groups is 1. The second-order valence-corrected chi connectivity index (χ2v) is 8.69. The van der Waals surface area contributed by atoms with Crippen molar-refractivity contribution in [1.82, 2.24) is 0 Å². The maximum absolute atomic E-state index is 11.0. The molecule has 0 spiro atoms. The highest BCUT2D eigenvalue weighted by Gasteiger charge is 2.17. The summed E-state index contributed by atoms with van der Waals surface area (Å²) in [6.45, 7) is 4.58. The molecule has 0 aliphatic rings. The van der Waals surface area contributed by atoms with Gasteiger partial charge in [-0.1, -0.05) is 103 Å². The molecule has 0 aromatic heterocycles. The van der Waals surface area contributed by atoms with Gasteiger partial charge in [-0.15, -0.1) is 0 Å². The van der Waals surface area contributed by atoms with E-state index in [-0.39, 0.29) is 0 Å². The summed E-state index contributed by atoms with van der Waals surface area (Å²) in [5.41, 5.74) is 8.27. The van der Waals surface area contributed by atoms with E-state index in [2.05, 4.69) is 73.7 Å². The van der Waals surface area contributed by atoms with Gasteiger partial charge in [-0.2, -0.15) is 0 Å². The largest absolute Gasteiger partial charge is 0.507 e. The zero-order chi connectivity index (χ0) is 23.5. The molecular formula is C32H27NO. The van der Waals surface area contributed by atoms with Gasteiger partial charge in [0.05, 0.1) is 12.3 Å². The summed E-state index contributed by atoms with van der Waals surface area (Å²) >= 11 is 0. The van der Waals surface area contributed by atoms with Crippen molar-refractivity contribution >= 4 is 16.5 Å². The van der Waals surface area contributed by atoms with Crippen LogP contribution in [0.2, 0.25) is 0 Å². The van der Waals surface area contributed by atoms with Crippen molar-refractivity contribution < 1.29 is 5.11 Å². The molecule has 0 bridgehead atoms. The molecule has 2 nitrogen and oxygen atoms in total. The normalized spacial score (nSPS) is 10.9. The summed E-state index contributed by atoms with van der Waals surface area (Å²) in [4.78, 5) is 5.14. The second-order valence-electron chi connectivity index (χ2n) is 8.69. The number of hydrogen-bond acceptors (Lipinski definition) is 2. The molecule has 166 valence electrons. The average molecular weight is 442 g/mol. The molecule has 2 heteroatoms. The Morgan fingerprint density at radius 1 is 0.676 bits per heavy atom. The van der Waals surface area contributed by atoms with Crippen molar-refractivity contribution in [3.8, 4) is 16.9 Å². The van der Waals surface area contributed by atoms with Gasteiger partial charge >= 0.3 is 0 Å². The monoisotopic (exact) mass is 441 g/mol. The van der Waals surface area contributed by atoms with Crippen molar-refractivity contribution in [2.24, 2.45) is 4.99 Å². The van der Waals surface area contributed by atoms with Gasteiger partial charge in [0, 0.05) is 16.7 Å². The molecule has 5 aromatic carbocycles. The van der Waals surface area contributed by atoms with E-state index in [0.717, 1.165) is 55.4 Å². The lowest BCUT2D eigenvalue weighted by Gasteiger charge is -2.17. The predicted molar refractivity (Wildman–Crippen MR) is 143 cm³/mol. The maximum Gasteiger partial charge on any atom is 0.123 e. The van der Waals surface area contributed by atoms with Gasteiger partial charge in [-0.25, -0.2) is 0 Å². The number of rotatable bonds is 5. The van der Waals surface area contributed by atoms with Crippen LogP contribution in [0.3, 0.4) is 0 Å². The molecule has 0 unspecified atom stereocenters. The number of phenols is 1. The van der Waals surface area contributed by atoms with Crippen molar-refractivity contribution in [1.29, 1.82) is 0 Å². The number of nitrogens with zero attached hydrogens (tertiary/aromatic N) is 1. The molecule has 5 rings (SSSR count). The van der Waals surface area contributed by atoms with Gasteiger partial charge in [0.15, 0.2) is 0 Å². The van der Waals surface area contributed by atoms with Gasteiger partial charge in [0.1, 0.15) is 5.75 Å². The Bertz CT molecular complexity index is 1420. The van der Waals surface area contributed by atoms with Crippen molar-refractivity contribution in [3.63, 3.8) is 0 Å². The zero-order valence-corrected chi connectivity index (χ0v) is 19.5. The smallest absolute Gasteiger partial charge is 0.123 e. The molecule has 0 radical (unpaired) electrons. The molecule has 1 N–H and O–H groups in total. The second kappa shape index (κ2) is 9.36. The first-order valence-corrected chi connectivity index (χ1v) is 11.6. The minimum atomic E-state index is 0.311. The van der Waals surface area contributed by atoms with Gasteiger partial charge in [-0.05, 0) is 52.9 Å². The first-order chi connectivity index (χ1) is 16.6. The van der Waals surface area contributed by atoms with E-state index in [1.165, 1.54) is 0 Å². The molecule has 0 saturated heterocycles. The van der Waals surface area contributed by atoms with E-state index in [1.54, 1.807) is 0 Å². The Balaban J connectivity index is 1.71. The lowest BCUT2D eigenvalue weighted by molar-refractivity contribution is 0.476. The third-order valence-electron chi connectivity index (χ3n) is 6.23. The van der Waals surface area contributed by atoms with Crippen molar-refractivity contribution in [2.75, 3.05) is 0 Å². The molecule has 0 saturated carbocycles. The Hall–Kier alpha value is -4.17. The SMILES string of the molecule is Cc1cc(C)c(-c2c(CN=C(c3ccccc3)c3ccccc3)ccc3ccccc23)c(O)c1. The third-order valence-corrected chi connectivity index (χ3v) is 6.23. The quantitative estimate of drug-likeness (QED) is 0.277. The predicted octanol–water partition coefficient (Wildman–Crippen LogP) is 7.87. The van der Waals surface area contributed by atoms with E-state index < -0.39 is 0 Å². The van der Waals surface area contributed by atoms with Crippen LogP contribution in [0.5, 0.6) is 5.75 Å². The summed E-state index contributed by atoms with van der Waals surface area (Å²) in [7, 11) is 0. The van der Waals surface area contributed by atoms with E-state index in [1.807, 2.05) is 49.4 Å². The summed E-state index contributed by atoms with van der Waals surface area (Å²) < 4.78 is 0. The molecule has 0 aliphatic heterocycles. The Kier molecular flexibility index (Phi) is 5.97. The third kappa shape index (κ3) is 4.23. The molecule has 5 aromatic rings. The Morgan fingerprint density at radius 2 is 1.29 bits per heavy atom. The minimum Gasteiger partial charge on any atom is -0.507 e. The van der Waals surface area contributed by atoms with Crippen LogP contribution in [0.15, 0.2) is 114 Å². The highest BCUT2D eigenvalue weighted by atomic mass is 16.3. The fourth-order valence-corrected chi connectivity index (χ4v) is 4.72. The zero-order valence-electron chi connectivity index (χ0n) is 19.5. The number of aliphatic imine (C=N–C) groups is 1. The van der Waals surface area contributed by atoms with Crippen LogP contribution in [0.25, 0.3) is 21.9 Å². The summed E-state index contributed by atoms with van der Waals surface area (Å²) in [6.07, 6.45) is 0. The summed E-state index contributed by atoms with van der Waals surface area (Å²) in [5.74, 6) is 0.311.